The predicted molar refractivity (Wildman–Crippen MR) is 86.0 cm³/mol. The number of carbonyl (C=O) groups is 1. The van der Waals surface area contributed by atoms with E-state index in [-0.39, 0.29) is 5.91 Å². The third-order valence-corrected chi connectivity index (χ3v) is 4.40. The minimum absolute atomic E-state index is 0.169. The maximum Gasteiger partial charge on any atom is 0.247 e. The fourth-order valence-corrected chi connectivity index (χ4v) is 3.19. The number of nitrogens with zero attached hydrogens (tertiary/aromatic N) is 2. The van der Waals surface area contributed by atoms with Crippen LogP contribution < -0.4 is 10.2 Å². The van der Waals surface area contributed by atoms with Crippen molar-refractivity contribution in [2.45, 2.75) is 25.9 Å². The minimum Gasteiger partial charge on any atom is -0.355 e. The van der Waals surface area contributed by atoms with Gasteiger partial charge in [-0.25, -0.2) is 0 Å². The van der Waals surface area contributed by atoms with Gasteiger partial charge in [0.1, 0.15) is 5.54 Å². The van der Waals surface area contributed by atoms with Gasteiger partial charge in [0.15, 0.2) is 0 Å². The van der Waals surface area contributed by atoms with Crippen LogP contribution in [0.25, 0.3) is 0 Å². The Labute approximate surface area is 129 Å². The summed E-state index contributed by atoms with van der Waals surface area (Å²) in [5.74, 6) is 0.169. The first kappa shape index (κ1) is 15.3. The molecule has 0 radical (unpaired) electrons. The molecule has 1 heterocycles. The quantitative estimate of drug-likeness (QED) is 0.917. The molecule has 2 rings (SSSR count). The molecule has 0 aromatic heterocycles. The summed E-state index contributed by atoms with van der Waals surface area (Å²) >= 11 is 3.52. The molecule has 0 unspecified atom stereocenters. The molecule has 1 aliphatic rings. The van der Waals surface area contributed by atoms with Crippen LogP contribution in [0.2, 0.25) is 0 Å². The van der Waals surface area contributed by atoms with E-state index in [9.17, 15) is 4.79 Å². The lowest BCUT2D eigenvalue weighted by Gasteiger charge is -2.46. The number of hydrogen-bond acceptors (Lipinski definition) is 3. The first-order chi connectivity index (χ1) is 9.37. The van der Waals surface area contributed by atoms with Crippen LogP contribution in [-0.4, -0.2) is 43.5 Å². The molecule has 20 heavy (non-hydrogen) atoms. The Morgan fingerprint density at radius 1 is 1.35 bits per heavy atom. The number of piperazine rings is 1. The van der Waals surface area contributed by atoms with Crippen LogP contribution in [0.3, 0.4) is 0 Å². The highest BCUT2D eigenvalue weighted by atomic mass is 79.9. The van der Waals surface area contributed by atoms with Gasteiger partial charge in [-0.1, -0.05) is 15.9 Å². The van der Waals surface area contributed by atoms with E-state index < -0.39 is 5.54 Å². The molecule has 1 aromatic carbocycles. The number of amides is 1. The summed E-state index contributed by atoms with van der Waals surface area (Å²) in [7, 11) is 3.81. The molecule has 1 N–H and O–H groups in total. The van der Waals surface area contributed by atoms with Crippen LogP contribution in [0.5, 0.6) is 0 Å². The zero-order valence-electron chi connectivity index (χ0n) is 12.5. The monoisotopic (exact) mass is 339 g/mol. The van der Waals surface area contributed by atoms with Crippen molar-refractivity contribution in [1.82, 2.24) is 10.2 Å². The number of halogens is 1. The normalized spacial score (nSPS) is 18.6. The zero-order valence-corrected chi connectivity index (χ0v) is 14.1. The van der Waals surface area contributed by atoms with Gasteiger partial charge in [-0.3, -0.25) is 4.79 Å². The van der Waals surface area contributed by atoms with E-state index in [1.165, 1.54) is 5.56 Å². The summed E-state index contributed by atoms with van der Waals surface area (Å²) in [6.07, 6.45) is 0. The van der Waals surface area contributed by atoms with Crippen molar-refractivity contribution >= 4 is 27.5 Å². The Balaban J connectivity index is 2.42. The number of rotatable bonds is 3. The van der Waals surface area contributed by atoms with Gasteiger partial charge in [-0.15, -0.1) is 0 Å². The van der Waals surface area contributed by atoms with E-state index in [2.05, 4.69) is 38.3 Å². The van der Waals surface area contributed by atoms with Crippen molar-refractivity contribution in [2.75, 3.05) is 32.1 Å². The largest absolute Gasteiger partial charge is 0.355 e. The maximum atomic E-state index is 12.4. The Bertz CT molecular complexity index is 516. The summed E-state index contributed by atoms with van der Waals surface area (Å²) in [6.45, 7) is 6.39. The molecule has 5 heteroatoms. The first-order valence-corrected chi connectivity index (χ1v) is 7.63. The van der Waals surface area contributed by atoms with Crippen LogP contribution in [0.15, 0.2) is 22.7 Å². The fraction of sp³-hybridized carbons (Fsp3) is 0.533. The summed E-state index contributed by atoms with van der Waals surface area (Å²) in [5, 5.41) is 3.20. The molecule has 0 atom stereocenters. The maximum absolute atomic E-state index is 12.4. The lowest BCUT2D eigenvalue weighted by atomic mass is 9.95. The molecular weight excluding hydrogens is 318 g/mol. The van der Waals surface area contributed by atoms with Gasteiger partial charge in [-0.2, -0.15) is 0 Å². The van der Waals surface area contributed by atoms with Gasteiger partial charge in [0.05, 0.1) is 0 Å². The molecule has 1 amide bonds. The van der Waals surface area contributed by atoms with Crippen molar-refractivity contribution in [1.29, 1.82) is 0 Å². The third kappa shape index (κ3) is 2.69. The van der Waals surface area contributed by atoms with Gasteiger partial charge in [-0.05, 0) is 44.7 Å². The van der Waals surface area contributed by atoms with Crippen molar-refractivity contribution in [3.63, 3.8) is 0 Å². The second-order valence-corrected chi connectivity index (χ2v) is 6.66. The molecule has 0 spiro atoms. The van der Waals surface area contributed by atoms with Crippen LogP contribution in [0, 0.1) is 0 Å². The van der Waals surface area contributed by atoms with Crippen LogP contribution in [0.4, 0.5) is 5.69 Å². The average Bonchev–Trinajstić information content (AvgIpc) is 2.38. The lowest BCUT2D eigenvalue weighted by Crippen LogP contribution is -2.62. The van der Waals surface area contributed by atoms with E-state index in [1.807, 2.05) is 38.9 Å². The number of likely N-dealkylation sites (N-methyl/N-ethyl adjacent to an activating group) is 1. The molecular formula is C15H22BrN3O. The smallest absolute Gasteiger partial charge is 0.247 e. The molecule has 110 valence electrons. The second-order valence-electron chi connectivity index (χ2n) is 5.74. The van der Waals surface area contributed by atoms with Gasteiger partial charge >= 0.3 is 0 Å². The van der Waals surface area contributed by atoms with E-state index >= 15 is 0 Å². The molecule has 0 bridgehead atoms. The topological polar surface area (TPSA) is 35.6 Å². The summed E-state index contributed by atoms with van der Waals surface area (Å²) in [4.78, 5) is 16.5. The number of benzene rings is 1. The summed E-state index contributed by atoms with van der Waals surface area (Å²) in [6, 6.07) is 6.25. The van der Waals surface area contributed by atoms with Crippen LogP contribution >= 0.6 is 15.9 Å². The minimum atomic E-state index is -0.511. The standard InChI is InChI=1S/C15H22BrN3O/c1-15(2)14(20)18(4)7-8-19(15)13-6-5-12(16)9-11(13)10-17-3/h5-6,9,17H,7-8,10H2,1-4H3. The Kier molecular flexibility index (Phi) is 4.39. The van der Waals surface area contributed by atoms with Crippen LogP contribution in [0.1, 0.15) is 19.4 Å². The number of nitrogens with one attached hydrogen (secondary N) is 1. The molecule has 1 fully saturated rings. The van der Waals surface area contributed by atoms with Gasteiger partial charge in [0.2, 0.25) is 5.91 Å². The Morgan fingerprint density at radius 2 is 2.05 bits per heavy atom. The predicted octanol–water partition coefficient (Wildman–Crippen LogP) is 2.23. The molecule has 0 saturated carbocycles. The first-order valence-electron chi connectivity index (χ1n) is 6.84. The zero-order chi connectivity index (χ0) is 14.9. The number of anilines is 1. The van der Waals surface area contributed by atoms with Gasteiger partial charge < -0.3 is 15.1 Å². The van der Waals surface area contributed by atoms with Gasteiger partial charge in [0.25, 0.3) is 0 Å². The highest BCUT2D eigenvalue weighted by molar-refractivity contribution is 9.10. The summed E-state index contributed by atoms with van der Waals surface area (Å²) in [5.41, 5.74) is 1.82. The molecule has 1 saturated heterocycles. The average molecular weight is 340 g/mol. The fourth-order valence-electron chi connectivity index (χ4n) is 2.78. The highest BCUT2D eigenvalue weighted by Gasteiger charge is 2.41. The van der Waals surface area contributed by atoms with Crippen molar-refractivity contribution in [2.24, 2.45) is 0 Å². The van der Waals surface area contributed by atoms with Crippen LogP contribution in [-0.2, 0) is 11.3 Å². The lowest BCUT2D eigenvalue weighted by molar-refractivity contribution is -0.136. The van der Waals surface area contributed by atoms with Crippen molar-refractivity contribution in [3.8, 4) is 0 Å². The number of hydrogen-bond donors (Lipinski definition) is 1. The van der Waals surface area contributed by atoms with E-state index in [0.717, 1.165) is 29.8 Å². The highest BCUT2D eigenvalue weighted by Crippen LogP contribution is 2.32. The molecule has 1 aromatic rings. The second kappa shape index (κ2) is 5.74. The van der Waals surface area contributed by atoms with Crippen molar-refractivity contribution in [3.05, 3.63) is 28.2 Å². The molecule has 0 aliphatic carbocycles. The van der Waals surface area contributed by atoms with E-state index in [4.69, 9.17) is 0 Å². The molecule has 1 aliphatic heterocycles. The molecule has 4 nitrogen and oxygen atoms in total. The third-order valence-electron chi connectivity index (χ3n) is 3.90. The SMILES string of the molecule is CNCc1cc(Br)ccc1N1CCN(C)C(=O)C1(C)C. The Morgan fingerprint density at radius 3 is 2.70 bits per heavy atom. The van der Waals surface area contributed by atoms with Crippen molar-refractivity contribution < 1.29 is 4.79 Å². The Hall–Kier alpha value is -1.07. The summed E-state index contributed by atoms with van der Waals surface area (Å²) < 4.78 is 1.06. The van der Waals surface area contributed by atoms with E-state index in [0.29, 0.717) is 0 Å². The number of carbonyl (C=O) groups excluding carboxylic acids is 1. The van der Waals surface area contributed by atoms with Gasteiger partial charge in [0, 0.05) is 36.8 Å². The van der Waals surface area contributed by atoms with E-state index in [1.54, 1.807) is 0 Å².